The molecule has 1 fully saturated rings. The maximum Gasteiger partial charge on any atom is 0.175 e. The van der Waals surface area contributed by atoms with Crippen molar-refractivity contribution in [2.75, 3.05) is 13.1 Å². The van der Waals surface area contributed by atoms with Gasteiger partial charge in [-0.2, -0.15) is 0 Å². The minimum atomic E-state index is 0.132. The number of ketones is 1. The molecule has 0 aromatic rings. The Labute approximate surface area is 56.2 Å². The van der Waals surface area contributed by atoms with E-state index in [2.05, 4.69) is 9.39 Å². The van der Waals surface area contributed by atoms with E-state index in [9.17, 15) is 4.79 Å². The minimum Gasteiger partial charge on any atom is -0.404 e. The van der Waals surface area contributed by atoms with Gasteiger partial charge in [-0.05, 0) is 0 Å². The van der Waals surface area contributed by atoms with E-state index in [0.717, 1.165) is 0 Å². The minimum absolute atomic E-state index is 0.132. The molecule has 1 atom stereocenters. The maximum absolute atomic E-state index is 10.8. The number of Topliss-reactive ketones (excluding diaryl/α,β-unsaturated/α-hetero) is 1. The molecule has 1 heterocycles. The summed E-state index contributed by atoms with van der Waals surface area (Å²) in [6.45, 7) is 1.15. The third-order valence-electron chi connectivity index (χ3n) is 1.28. The molecule has 0 aromatic heterocycles. The number of hydrogen-bond acceptors (Lipinski definition) is 3. The standard InChI is InChI=1S/C5H9N2OP/c6-1-4-2-7(9)3-5(4)8/h1H,2-3,6,9H2/b4-1-. The summed E-state index contributed by atoms with van der Waals surface area (Å²) < 4.78 is 1.85. The van der Waals surface area contributed by atoms with E-state index in [4.69, 9.17) is 5.73 Å². The smallest absolute Gasteiger partial charge is 0.175 e. The first-order valence-corrected chi connectivity index (χ1v) is 3.19. The number of nitrogens with zero attached hydrogens (tertiary/aromatic N) is 1. The molecule has 0 radical (unpaired) electrons. The monoisotopic (exact) mass is 144 g/mol. The van der Waals surface area contributed by atoms with Crippen LogP contribution in [0, 0.1) is 0 Å². The molecule has 0 amide bonds. The van der Waals surface area contributed by atoms with Crippen molar-refractivity contribution < 1.29 is 4.79 Å². The van der Waals surface area contributed by atoms with E-state index in [1.165, 1.54) is 6.20 Å². The summed E-state index contributed by atoms with van der Waals surface area (Å²) in [6, 6.07) is 0. The summed E-state index contributed by atoms with van der Waals surface area (Å²) in [5, 5.41) is 0. The van der Waals surface area contributed by atoms with Gasteiger partial charge in [-0.25, -0.2) is 0 Å². The second kappa shape index (κ2) is 2.46. The van der Waals surface area contributed by atoms with Crippen LogP contribution in [0.2, 0.25) is 0 Å². The van der Waals surface area contributed by atoms with E-state index in [-0.39, 0.29) is 5.78 Å². The zero-order valence-electron chi connectivity index (χ0n) is 5.00. The molecule has 3 nitrogen and oxygen atoms in total. The van der Waals surface area contributed by atoms with Crippen LogP contribution < -0.4 is 5.73 Å². The number of rotatable bonds is 0. The van der Waals surface area contributed by atoms with Crippen LogP contribution >= 0.6 is 9.39 Å². The molecule has 1 rings (SSSR count). The molecule has 0 aliphatic carbocycles. The van der Waals surface area contributed by atoms with Gasteiger partial charge < -0.3 is 5.73 Å². The Morgan fingerprint density at radius 2 is 2.33 bits per heavy atom. The molecule has 1 aliphatic rings. The summed E-state index contributed by atoms with van der Waals surface area (Å²) in [6.07, 6.45) is 1.38. The van der Waals surface area contributed by atoms with E-state index in [0.29, 0.717) is 18.7 Å². The highest BCUT2D eigenvalue weighted by molar-refractivity contribution is 7.13. The van der Waals surface area contributed by atoms with Crippen molar-refractivity contribution >= 4 is 15.2 Å². The van der Waals surface area contributed by atoms with Gasteiger partial charge in [-0.1, -0.05) is 9.39 Å². The molecule has 1 aliphatic heterocycles. The normalized spacial score (nSPS) is 25.9. The molecular formula is C5H9N2OP. The fourth-order valence-electron chi connectivity index (χ4n) is 0.795. The van der Waals surface area contributed by atoms with Gasteiger partial charge in [-0.3, -0.25) is 9.46 Å². The fraction of sp³-hybridized carbons (Fsp3) is 0.400. The van der Waals surface area contributed by atoms with Crippen LogP contribution in [0.4, 0.5) is 0 Å². The Bertz CT molecular complexity index is 166. The van der Waals surface area contributed by atoms with Gasteiger partial charge in [0.25, 0.3) is 0 Å². The highest BCUT2D eigenvalue weighted by atomic mass is 31.0. The van der Waals surface area contributed by atoms with Gasteiger partial charge in [0, 0.05) is 18.3 Å². The average molecular weight is 144 g/mol. The molecule has 2 N–H and O–H groups in total. The lowest BCUT2D eigenvalue weighted by atomic mass is 10.2. The van der Waals surface area contributed by atoms with Crippen molar-refractivity contribution in [3.63, 3.8) is 0 Å². The SMILES string of the molecule is N/C=C1/CN(P)CC1=O. The summed E-state index contributed by atoms with van der Waals surface area (Å²) in [5.74, 6) is 0.132. The van der Waals surface area contributed by atoms with Crippen LogP contribution in [0.3, 0.4) is 0 Å². The van der Waals surface area contributed by atoms with Crippen molar-refractivity contribution in [1.82, 2.24) is 4.67 Å². The lowest BCUT2D eigenvalue weighted by Gasteiger charge is -1.99. The van der Waals surface area contributed by atoms with Crippen LogP contribution in [0.25, 0.3) is 0 Å². The van der Waals surface area contributed by atoms with Crippen molar-refractivity contribution in [3.05, 3.63) is 11.8 Å². The Balaban J connectivity index is 2.70. The fourth-order valence-corrected chi connectivity index (χ4v) is 1.16. The molecule has 0 spiro atoms. The van der Waals surface area contributed by atoms with Gasteiger partial charge in [-0.15, -0.1) is 0 Å². The Kier molecular flexibility index (Phi) is 1.84. The van der Waals surface area contributed by atoms with Crippen LogP contribution in [0.5, 0.6) is 0 Å². The maximum atomic E-state index is 10.8. The first-order chi connectivity index (χ1) is 4.24. The van der Waals surface area contributed by atoms with E-state index in [1.54, 1.807) is 0 Å². The topological polar surface area (TPSA) is 46.3 Å². The molecule has 0 bridgehead atoms. The number of nitrogens with two attached hydrogens (primary N) is 1. The van der Waals surface area contributed by atoms with Crippen molar-refractivity contribution in [2.45, 2.75) is 0 Å². The number of hydrogen-bond donors (Lipinski definition) is 1. The van der Waals surface area contributed by atoms with Crippen LogP contribution in [-0.4, -0.2) is 23.5 Å². The molecule has 9 heavy (non-hydrogen) atoms. The Morgan fingerprint density at radius 1 is 1.67 bits per heavy atom. The lowest BCUT2D eigenvalue weighted by Crippen LogP contribution is -2.05. The van der Waals surface area contributed by atoms with Gasteiger partial charge in [0.1, 0.15) is 0 Å². The van der Waals surface area contributed by atoms with Crippen molar-refractivity contribution in [1.29, 1.82) is 0 Å². The highest BCUT2D eigenvalue weighted by Crippen LogP contribution is 2.13. The van der Waals surface area contributed by atoms with Crippen molar-refractivity contribution in [2.24, 2.45) is 5.73 Å². The predicted octanol–water partition coefficient (Wildman–Crippen LogP) is -0.496. The molecule has 1 unspecified atom stereocenters. The molecule has 0 aromatic carbocycles. The van der Waals surface area contributed by atoms with E-state index in [1.807, 2.05) is 4.67 Å². The van der Waals surface area contributed by atoms with Crippen LogP contribution in [0.1, 0.15) is 0 Å². The van der Waals surface area contributed by atoms with Gasteiger partial charge in [0.05, 0.1) is 6.54 Å². The first kappa shape index (κ1) is 6.72. The molecule has 4 heteroatoms. The summed E-state index contributed by atoms with van der Waals surface area (Å²) >= 11 is 0. The molecule has 0 saturated carbocycles. The van der Waals surface area contributed by atoms with Gasteiger partial charge >= 0.3 is 0 Å². The molecule has 50 valence electrons. The molecule has 1 saturated heterocycles. The first-order valence-electron chi connectivity index (χ1n) is 2.67. The van der Waals surface area contributed by atoms with Crippen LogP contribution in [0.15, 0.2) is 11.8 Å². The van der Waals surface area contributed by atoms with E-state index < -0.39 is 0 Å². The second-order valence-electron chi connectivity index (χ2n) is 2.02. The third kappa shape index (κ3) is 1.29. The summed E-state index contributed by atoms with van der Waals surface area (Å²) in [4.78, 5) is 10.8. The predicted molar refractivity (Wildman–Crippen MR) is 38.6 cm³/mol. The molecular weight excluding hydrogens is 135 g/mol. The Morgan fingerprint density at radius 3 is 2.56 bits per heavy atom. The number of carbonyl (C=O) groups excluding carboxylic acids is 1. The largest absolute Gasteiger partial charge is 0.404 e. The second-order valence-corrected chi connectivity index (χ2v) is 2.75. The van der Waals surface area contributed by atoms with Gasteiger partial charge in [0.15, 0.2) is 5.78 Å². The quantitative estimate of drug-likeness (QED) is 0.368. The number of carbonyl (C=O) groups is 1. The zero-order valence-corrected chi connectivity index (χ0v) is 6.16. The van der Waals surface area contributed by atoms with E-state index >= 15 is 0 Å². The zero-order chi connectivity index (χ0) is 6.85. The summed E-state index contributed by atoms with van der Waals surface area (Å²) in [5.41, 5.74) is 5.88. The summed E-state index contributed by atoms with van der Waals surface area (Å²) in [7, 11) is 2.47. The highest BCUT2D eigenvalue weighted by Gasteiger charge is 2.20. The van der Waals surface area contributed by atoms with Crippen LogP contribution in [-0.2, 0) is 4.79 Å². The Hall–Kier alpha value is -0.400. The average Bonchev–Trinajstić information content (AvgIpc) is 2.10. The third-order valence-corrected chi connectivity index (χ3v) is 1.64. The van der Waals surface area contributed by atoms with Crippen molar-refractivity contribution in [3.8, 4) is 0 Å². The lowest BCUT2D eigenvalue weighted by molar-refractivity contribution is -0.113. The van der Waals surface area contributed by atoms with Gasteiger partial charge in [0.2, 0.25) is 0 Å².